The molecule has 0 aliphatic carbocycles. The molecule has 262 valence electrons. The largest absolute Gasteiger partial charge is 0.322 e. The molecule has 11 aromatic rings. The first kappa shape index (κ1) is 31.0. The molecule has 0 saturated carbocycles. The summed E-state index contributed by atoms with van der Waals surface area (Å²) in [6, 6.07) is 78.1. The summed E-state index contributed by atoms with van der Waals surface area (Å²) in [6.45, 7) is 0. The Bertz CT molecular complexity index is 3180. The van der Waals surface area contributed by atoms with Crippen LogP contribution in [-0.4, -0.2) is 9.13 Å². The van der Waals surface area contributed by atoms with E-state index in [-0.39, 0.29) is 0 Å². The van der Waals surface area contributed by atoms with Gasteiger partial charge in [-0.25, -0.2) is 0 Å². The molecule has 2 aromatic heterocycles. The van der Waals surface area contributed by atoms with E-state index in [9.17, 15) is 0 Å². The first-order valence-corrected chi connectivity index (χ1v) is 19.4. The lowest BCUT2D eigenvalue weighted by Crippen LogP contribution is -2.42. The molecule has 1 aliphatic rings. The van der Waals surface area contributed by atoms with Crippen LogP contribution in [0.15, 0.2) is 212 Å². The third-order valence-corrected chi connectivity index (χ3v) is 12.1. The van der Waals surface area contributed by atoms with E-state index in [1.165, 1.54) is 76.8 Å². The zero-order valence-electron chi connectivity index (χ0n) is 30.5. The number of benzene rings is 9. The van der Waals surface area contributed by atoms with Crippen LogP contribution in [0.25, 0.3) is 60.1 Å². The Labute approximate surface area is 324 Å². The zero-order chi connectivity index (χ0) is 36.8. The quantitative estimate of drug-likeness (QED) is 0.177. The second-order valence-electron chi connectivity index (χ2n) is 14.8. The smallest absolute Gasteiger partial charge is 0.125 e. The Kier molecular flexibility index (Phi) is 6.55. The lowest BCUT2D eigenvalue weighted by Gasteiger charge is -2.47. The summed E-state index contributed by atoms with van der Waals surface area (Å²) in [5, 5.41) is 7.43. The highest BCUT2D eigenvalue weighted by Gasteiger charge is 2.48. The van der Waals surface area contributed by atoms with Crippen molar-refractivity contribution in [1.82, 2.24) is 9.13 Å². The SMILES string of the molecule is c1ccc(C2(n3c4ccccc4c4ccccc43)c3ccccc3N(c3ccc(-n4c5ccccc5c5ccccc54)c4ccccc34)c3ccccc32)cc1. The molecule has 0 saturated heterocycles. The number of rotatable bonds is 4. The lowest BCUT2D eigenvalue weighted by molar-refractivity contribution is 0.544. The van der Waals surface area contributed by atoms with E-state index in [0.29, 0.717) is 0 Å². The molecule has 3 heteroatoms. The van der Waals surface area contributed by atoms with Gasteiger partial charge in [0.05, 0.1) is 44.8 Å². The fraction of sp³-hybridized carbons (Fsp3) is 0.0189. The fourth-order valence-electron chi connectivity index (χ4n) is 9.97. The van der Waals surface area contributed by atoms with E-state index in [0.717, 1.165) is 17.1 Å². The molecular weight excluding hydrogens is 679 g/mol. The minimum Gasteiger partial charge on any atom is -0.322 e. The van der Waals surface area contributed by atoms with Crippen LogP contribution in [0.5, 0.6) is 0 Å². The molecule has 0 atom stereocenters. The summed E-state index contributed by atoms with van der Waals surface area (Å²) in [5.41, 5.74) is 12.5. The monoisotopic (exact) mass is 713 g/mol. The molecule has 56 heavy (non-hydrogen) atoms. The van der Waals surface area contributed by atoms with Gasteiger partial charge in [0.1, 0.15) is 5.54 Å². The Morgan fingerprint density at radius 2 is 0.643 bits per heavy atom. The van der Waals surface area contributed by atoms with Gasteiger partial charge in [-0.2, -0.15) is 0 Å². The van der Waals surface area contributed by atoms with Crippen LogP contribution < -0.4 is 4.90 Å². The fourth-order valence-corrected chi connectivity index (χ4v) is 9.97. The average Bonchev–Trinajstić information content (AvgIpc) is 3.79. The van der Waals surface area contributed by atoms with Gasteiger partial charge in [-0.1, -0.05) is 164 Å². The molecule has 0 amide bonds. The molecular formula is C53H35N3. The maximum absolute atomic E-state index is 2.62. The van der Waals surface area contributed by atoms with Crippen molar-refractivity contribution in [3.63, 3.8) is 0 Å². The summed E-state index contributed by atoms with van der Waals surface area (Å²) in [4.78, 5) is 2.51. The predicted octanol–water partition coefficient (Wildman–Crippen LogP) is 13.7. The summed E-state index contributed by atoms with van der Waals surface area (Å²) >= 11 is 0. The molecule has 3 nitrogen and oxygen atoms in total. The van der Waals surface area contributed by atoms with Crippen LogP contribution in [0.2, 0.25) is 0 Å². The van der Waals surface area contributed by atoms with Gasteiger partial charge in [0.15, 0.2) is 0 Å². The van der Waals surface area contributed by atoms with Gasteiger partial charge in [0, 0.05) is 43.4 Å². The van der Waals surface area contributed by atoms with Crippen molar-refractivity contribution in [2.24, 2.45) is 0 Å². The van der Waals surface area contributed by atoms with Gasteiger partial charge in [0.25, 0.3) is 0 Å². The maximum Gasteiger partial charge on any atom is 0.125 e. The second-order valence-corrected chi connectivity index (χ2v) is 14.8. The maximum atomic E-state index is 2.62. The summed E-state index contributed by atoms with van der Waals surface area (Å²) < 4.78 is 5.06. The van der Waals surface area contributed by atoms with E-state index in [2.05, 4.69) is 226 Å². The number of nitrogens with zero attached hydrogens (tertiary/aromatic N) is 3. The summed E-state index contributed by atoms with van der Waals surface area (Å²) in [5.74, 6) is 0. The Morgan fingerprint density at radius 1 is 0.268 bits per heavy atom. The zero-order valence-corrected chi connectivity index (χ0v) is 30.5. The van der Waals surface area contributed by atoms with Crippen LogP contribution in [0, 0.1) is 0 Å². The van der Waals surface area contributed by atoms with Crippen molar-refractivity contribution < 1.29 is 0 Å². The molecule has 9 aromatic carbocycles. The number of aromatic nitrogens is 2. The van der Waals surface area contributed by atoms with E-state index in [1.54, 1.807) is 0 Å². The highest BCUT2D eigenvalue weighted by molar-refractivity contribution is 6.13. The van der Waals surface area contributed by atoms with Crippen molar-refractivity contribution in [2.45, 2.75) is 5.54 Å². The van der Waals surface area contributed by atoms with Gasteiger partial charge in [-0.3, -0.25) is 0 Å². The molecule has 3 heterocycles. The molecule has 0 fully saturated rings. The molecule has 1 aliphatic heterocycles. The van der Waals surface area contributed by atoms with E-state index in [4.69, 9.17) is 0 Å². The Hall–Kier alpha value is -7.36. The highest BCUT2D eigenvalue weighted by atomic mass is 15.2. The standard InChI is InChI=1S/C53H35N3/c1-2-18-36(19-3-1)53(56-49-30-14-8-24-41(49)42-25-9-15-31-50(42)56)43-26-10-16-32-51(43)55(52-33-17-11-27-44(52)53)48-35-34-47(39-20-4-5-21-40(39)48)54-45-28-12-6-22-37(45)38-23-7-13-29-46(38)54/h1-35H. The first-order valence-electron chi connectivity index (χ1n) is 19.4. The van der Waals surface area contributed by atoms with Crippen molar-refractivity contribution >= 4 is 71.4 Å². The molecule has 0 N–H and O–H groups in total. The molecule has 0 bridgehead atoms. The van der Waals surface area contributed by atoms with Gasteiger partial charge < -0.3 is 14.0 Å². The number of fused-ring (bicyclic) bond motifs is 9. The topological polar surface area (TPSA) is 13.1 Å². The van der Waals surface area contributed by atoms with Crippen molar-refractivity contribution in [1.29, 1.82) is 0 Å². The van der Waals surface area contributed by atoms with Gasteiger partial charge >= 0.3 is 0 Å². The van der Waals surface area contributed by atoms with Crippen molar-refractivity contribution in [2.75, 3.05) is 4.90 Å². The number of para-hydroxylation sites is 6. The second kappa shape index (κ2) is 11.8. The molecule has 12 rings (SSSR count). The summed E-state index contributed by atoms with van der Waals surface area (Å²) in [6.07, 6.45) is 0. The predicted molar refractivity (Wildman–Crippen MR) is 234 cm³/mol. The van der Waals surface area contributed by atoms with Crippen LogP contribution in [0.1, 0.15) is 16.7 Å². The lowest BCUT2D eigenvalue weighted by atomic mass is 9.72. The van der Waals surface area contributed by atoms with E-state index < -0.39 is 5.54 Å². The normalized spacial score (nSPS) is 13.5. The molecule has 0 spiro atoms. The Morgan fingerprint density at radius 3 is 1.18 bits per heavy atom. The van der Waals surface area contributed by atoms with Gasteiger partial charge in [0.2, 0.25) is 0 Å². The Balaban J connectivity index is 1.19. The third-order valence-electron chi connectivity index (χ3n) is 12.1. The van der Waals surface area contributed by atoms with Crippen LogP contribution >= 0.6 is 0 Å². The molecule has 0 radical (unpaired) electrons. The number of anilines is 3. The van der Waals surface area contributed by atoms with E-state index >= 15 is 0 Å². The average molecular weight is 714 g/mol. The minimum absolute atomic E-state index is 0.688. The van der Waals surface area contributed by atoms with Gasteiger partial charge in [-0.15, -0.1) is 0 Å². The summed E-state index contributed by atoms with van der Waals surface area (Å²) in [7, 11) is 0. The van der Waals surface area contributed by atoms with Crippen molar-refractivity contribution in [3.8, 4) is 5.69 Å². The highest BCUT2D eigenvalue weighted by Crippen LogP contribution is 2.58. The number of hydrogen-bond donors (Lipinski definition) is 0. The number of hydrogen-bond acceptors (Lipinski definition) is 1. The minimum atomic E-state index is -0.688. The van der Waals surface area contributed by atoms with Crippen molar-refractivity contribution in [3.05, 3.63) is 229 Å². The van der Waals surface area contributed by atoms with Gasteiger partial charge in [-0.05, 0) is 54.1 Å². The third kappa shape index (κ3) is 4.06. The van der Waals surface area contributed by atoms with Crippen LogP contribution in [-0.2, 0) is 5.54 Å². The first-order chi connectivity index (χ1) is 27.8. The van der Waals surface area contributed by atoms with Crippen LogP contribution in [0.3, 0.4) is 0 Å². The molecule has 0 unspecified atom stereocenters. The van der Waals surface area contributed by atoms with Crippen LogP contribution in [0.4, 0.5) is 17.1 Å². The van der Waals surface area contributed by atoms with E-state index in [1.807, 2.05) is 0 Å².